The molecule has 126 valence electrons. The molecule has 1 amide bonds. The van der Waals surface area contributed by atoms with E-state index < -0.39 is 21.3 Å². The fraction of sp³-hybridized carbons (Fsp3) is 0.867. The summed E-state index contributed by atoms with van der Waals surface area (Å²) in [6, 6.07) is 0. The third-order valence-electron chi connectivity index (χ3n) is 5.23. The maximum atomic E-state index is 12.4. The van der Waals surface area contributed by atoms with E-state index >= 15 is 0 Å². The maximum absolute atomic E-state index is 12.4. The summed E-state index contributed by atoms with van der Waals surface area (Å²) in [5, 5.41) is 12.3. The lowest BCUT2D eigenvalue weighted by atomic mass is 9.75. The van der Waals surface area contributed by atoms with Crippen molar-refractivity contribution < 1.29 is 23.1 Å². The normalized spacial score (nSPS) is 32.3. The third-order valence-corrected chi connectivity index (χ3v) is 6.95. The molecule has 2 N–H and O–H groups in total. The lowest BCUT2D eigenvalue weighted by Gasteiger charge is -2.38. The van der Waals surface area contributed by atoms with Gasteiger partial charge in [-0.25, -0.2) is 13.2 Å². The second-order valence-electron chi connectivity index (χ2n) is 6.65. The summed E-state index contributed by atoms with van der Waals surface area (Å²) < 4.78 is 22.8. The number of hydrogen-bond acceptors (Lipinski definition) is 4. The molecule has 0 spiro atoms. The van der Waals surface area contributed by atoms with Crippen LogP contribution in [0, 0.1) is 11.8 Å². The highest BCUT2D eigenvalue weighted by molar-refractivity contribution is 7.91. The first kappa shape index (κ1) is 17.2. The summed E-state index contributed by atoms with van der Waals surface area (Å²) >= 11 is 0. The van der Waals surface area contributed by atoms with Gasteiger partial charge in [0.05, 0.1) is 11.5 Å². The van der Waals surface area contributed by atoms with E-state index in [0.29, 0.717) is 31.6 Å². The van der Waals surface area contributed by atoms with Gasteiger partial charge in [0.2, 0.25) is 5.91 Å². The second-order valence-corrected chi connectivity index (χ2v) is 8.96. The van der Waals surface area contributed by atoms with Gasteiger partial charge in [-0.15, -0.1) is 0 Å². The van der Waals surface area contributed by atoms with Crippen LogP contribution in [0.1, 0.15) is 51.9 Å². The molecule has 2 fully saturated rings. The van der Waals surface area contributed by atoms with Crippen LogP contribution in [0.4, 0.5) is 0 Å². The van der Waals surface area contributed by atoms with Gasteiger partial charge in [0, 0.05) is 5.92 Å². The number of sulfone groups is 1. The summed E-state index contributed by atoms with van der Waals surface area (Å²) in [5.74, 6) is -1.09. The average Bonchev–Trinajstić information content (AvgIpc) is 2.47. The standard InChI is InChI=1S/C15H25NO5S/c1-2-11-3-7-15(8-4-11,14(18)19)16-13(17)12-5-9-22(20,21)10-6-12/h11-12H,2-10H2,1H3,(H,16,17)(H,18,19). The molecule has 0 aromatic rings. The third kappa shape index (κ3) is 3.80. The minimum atomic E-state index is -3.02. The van der Waals surface area contributed by atoms with Gasteiger partial charge in [-0.2, -0.15) is 0 Å². The molecule has 2 rings (SSSR count). The van der Waals surface area contributed by atoms with Gasteiger partial charge in [-0.05, 0) is 44.4 Å². The lowest BCUT2D eigenvalue weighted by molar-refractivity contribution is -0.150. The first-order valence-corrected chi connectivity index (χ1v) is 9.86. The first-order chi connectivity index (χ1) is 10.3. The van der Waals surface area contributed by atoms with Gasteiger partial charge < -0.3 is 10.4 Å². The summed E-state index contributed by atoms with van der Waals surface area (Å²) in [6.07, 6.45) is 4.15. The Labute approximate surface area is 131 Å². The van der Waals surface area contributed by atoms with Crippen LogP contribution < -0.4 is 5.32 Å². The summed E-state index contributed by atoms with van der Waals surface area (Å²) in [6.45, 7) is 2.10. The predicted octanol–water partition coefficient (Wildman–Crippen LogP) is 1.35. The van der Waals surface area contributed by atoms with Crippen molar-refractivity contribution in [3.8, 4) is 0 Å². The van der Waals surface area contributed by atoms with Crippen molar-refractivity contribution in [2.45, 2.75) is 57.4 Å². The quantitative estimate of drug-likeness (QED) is 0.810. The Kier molecular flexibility index (Phi) is 5.14. The Balaban J connectivity index is 2.00. The molecule has 0 unspecified atom stereocenters. The maximum Gasteiger partial charge on any atom is 0.329 e. The molecular weight excluding hydrogens is 306 g/mol. The summed E-state index contributed by atoms with van der Waals surface area (Å²) in [7, 11) is -3.02. The van der Waals surface area contributed by atoms with Gasteiger partial charge in [-0.1, -0.05) is 13.3 Å². The fourth-order valence-corrected chi connectivity index (χ4v) is 4.95. The molecule has 2 aliphatic rings. The molecule has 1 saturated heterocycles. The highest BCUT2D eigenvalue weighted by atomic mass is 32.2. The van der Waals surface area contributed by atoms with Gasteiger partial charge in [0.15, 0.2) is 0 Å². The Morgan fingerprint density at radius 2 is 1.68 bits per heavy atom. The van der Waals surface area contributed by atoms with Gasteiger partial charge in [0.25, 0.3) is 0 Å². The van der Waals surface area contributed by atoms with E-state index in [0.717, 1.165) is 19.3 Å². The van der Waals surface area contributed by atoms with E-state index in [9.17, 15) is 23.1 Å². The Hall–Kier alpha value is -1.11. The zero-order valence-electron chi connectivity index (χ0n) is 13.0. The molecule has 1 saturated carbocycles. The number of carbonyl (C=O) groups is 2. The van der Waals surface area contributed by atoms with Crippen LogP contribution in [0.3, 0.4) is 0 Å². The molecule has 1 heterocycles. The molecule has 1 aliphatic heterocycles. The number of aliphatic carboxylic acids is 1. The van der Waals surface area contributed by atoms with Crippen LogP contribution in [0.2, 0.25) is 0 Å². The molecule has 6 nitrogen and oxygen atoms in total. The van der Waals surface area contributed by atoms with Crippen LogP contribution in [0.15, 0.2) is 0 Å². The van der Waals surface area contributed by atoms with Crippen molar-refractivity contribution in [3.63, 3.8) is 0 Å². The van der Waals surface area contributed by atoms with E-state index in [1.54, 1.807) is 0 Å². The smallest absolute Gasteiger partial charge is 0.329 e. The van der Waals surface area contributed by atoms with Crippen molar-refractivity contribution in [2.75, 3.05) is 11.5 Å². The molecule has 0 aromatic heterocycles. The molecule has 1 aliphatic carbocycles. The summed E-state index contributed by atoms with van der Waals surface area (Å²) in [4.78, 5) is 24.1. The predicted molar refractivity (Wildman–Crippen MR) is 82.1 cm³/mol. The number of carbonyl (C=O) groups excluding carboxylic acids is 1. The fourth-order valence-electron chi connectivity index (χ4n) is 3.46. The minimum absolute atomic E-state index is 0.0169. The Morgan fingerprint density at radius 3 is 2.14 bits per heavy atom. The van der Waals surface area contributed by atoms with E-state index in [-0.39, 0.29) is 23.3 Å². The Bertz CT molecular complexity index is 520. The van der Waals surface area contributed by atoms with Crippen LogP contribution in [-0.2, 0) is 19.4 Å². The van der Waals surface area contributed by atoms with Crippen LogP contribution in [-0.4, -0.2) is 42.4 Å². The largest absolute Gasteiger partial charge is 0.480 e. The minimum Gasteiger partial charge on any atom is -0.480 e. The van der Waals surface area contributed by atoms with Crippen LogP contribution >= 0.6 is 0 Å². The Morgan fingerprint density at radius 1 is 1.14 bits per heavy atom. The van der Waals surface area contributed by atoms with Crippen molar-refractivity contribution in [1.29, 1.82) is 0 Å². The SMILES string of the molecule is CCC1CCC(NC(=O)C2CCS(=O)(=O)CC2)(C(=O)O)CC1. The van der Waals surface area contributed by atoms with Gasteiger partial charge >= 0.3 is 5.97 Å². The van der Waals surface area contributed by atoms with E-state index in [1.165, 1.54) is 0 Å². The number of hydrogen-bond donors (Lipinski definition) is 2. The van der Waals surface area contributed by atoms with Crippen LogP contribution in [0.5, 0.6) is 0 Å². The highest BCUT2D eigenvalue weighted by Crippen LogP contribution is 2.34. The lowest BCUT2D eigenvalue weighted by Crippen LogP contribution is -2.58. The molecule has 0 aromatic carbocycles. The molecule has 22 heavy (non-hydrogen) atoms. The van der Waals surface area contributed by atoms with Crippen molar-refractivity contribution in [1.82, 2.24) is 5.32 Å². The molecular formula is C15H25NO5S. The number of carboxylic acid groups (broad SMARTS) is 1. The zero-order chi connectivity index (χ0) is 16.4. The highest BCUT2D eigenvalue weighted by Gasteiger charge is 2.44. The van der Waals surface area contributed by atoms with E-state index in [1.807, 2.05) is 0 Å². The van der Waals surface area contributed by atoms with Crippen LogP contribution in [0.25, 0.3) is 0 Å². The molecule has 7 heteroatoms. The number of amides is 1. The number of carboxylic acids is 1. The first-order valence-electron chi connectivity index (χ1n) is 8.04. The monoisotopic (exact) mass is 331 g/mol. The average molecular weight is 331 g/mol. The van der Waals surface area contributed by atoms with Crippen molar-refractivity contribution in [3.05, 3.63) is 0 Å². The zero-order valence-corrected chi connectivity index (χ0v) is 13.8. The van der Waals surface area contributed by atoms with Gasteiger partial charge in [0.1, 0.15) is 15.4 Å². The second kappa shape index (κ2) is 6.56. The van der Waals surface area contributed by atoms with Crippen molar-refractivity contribution in [2.24, 2.45) is 11.8 Å². The van der Waals surface area contributed by atoms with E-state index in [4.69, 9.17) is 0 Å². The summed E-state index contributed by atoms with van der Waals surface area (Å²) in [5.41, 5.74) is -1.17. The van der Waals surface area contributed by atoms with Crippen molar-refractivity contribution >= 4 is 21.7 Å². The topological polar surface area (TPSA) is 101 Å². The molecule has 0 radical (unpaired) electrons. The molecule has 0 atom stereocenters. The van der Waals surface area contributed by atoms with E-state index in [2.05, 4.69) is 12.2 Å². The molecule has 0 bridgehead atoms. The number of rotatable bonds is 4. The van der Waals surface area contributed by atoms with Gasteiger partial charge in [-0.3, -0.25) is 4.79 Å². The number of nitrogens with one attached hydrogen (secondary N) is 1.